The molecule has 0 atom stereocenters. The highest BCUT2D eigenvalue weighted by Gasteiger charge is 2.23. The van der Waals surface area contributed by atoms with Gasteiger partial charge in [-0.05, 0) is 51.1 Å². The molecule has 1 aliphatic heterocycles. The van der Waals surface area contributed by atoms with Gasteiger partial charge in [-0.25, -0.2) is 4.39 Å². The van der Waals surface area contributed by atoms with Crippen molar-refractivity contribution in [2.45, 2.75) is 19.8 Å². The lowest BCUT2D eigenvalue weighted by Crippen LogP contribution is -2.33. The van der Waals surface area contributed by atoms with Crippen molar-refractivity contribution in [3.05, 3.63) is 34.6 Å². The number of halogens is 2. The van der Waals surface area contributed by atoms with Crippen LogP contribution in [0.25, 0.3) is 0 Å². The molecule has 1 saturated heterocycles. The maximum Gasteiger partial charge on any atom is 0.124 e. The molecule has 17 heavy (non-hydrogen) atoms. The van der Waals surface area contributed by atoms with E-state index in [0.717, 1.165) is 25.9 Å². The molecule has 3 heteroatoms. The van der Waals surface area contributed by atoms with Crippen LogP contribution in [0.4, 0.5) is 4.39 Å². The van der Waals surface area contributed by atoms with Crippen molar-refractivity contribution in [1.29, 1.82) is 0 Å². The first-order valence-corrected chi connectivity index (χ1v) is 6.16. The first-order chi connectivity index (χ1) is 8.09. The summed E-state index contributed by atoms with van der Waals surface area (Å²) in [5.41, 5.74) is 0.746. The third-order valence-corrected chi connectivity index (χ3v) is 3.45. The number of piperidine rings is 1. The van der Waals surface area contributed by atoms with Crippen molar-refractivity contribution in [2.75, 3.05) is 13.1 Å². The molecule has 1 aromatic rings. The van der Waals surface area contributed by atoms with Gasteiger partial charge in [0.15, 0.2) is 0 Å². The van der Waals surface area contributed by atoms with Crippen LogP contribution < -0.4 is 5.32 Å². The Hall–Kier alpha value is -1.04. The quantitative estimate of drug-likeness (QED) is 0.698. The van der Waals surface area contributed by atoms with E-state index in [-0.39, 0.29) is 11.2 Å². The second-order valence-electron chi connectivity index (χ2n) is 4.68. The lowest BCUT2D eigenvalue weighted by molar-refractivity contribution is 0.315. The van der Waals surface area contributed by atoms with Gasteiger partial charge in [0.25, 0.3) is 0 Å². The zero-order valence-corrected chi connectivity index (χ0v) is 10.6. The zero-order valence-electron chi connectivity index (χ0n) is 9.82. The Labute approximate surface area is 106 Å². The van der Waals surface area contributed by atoms with E-state index < -0.39 is 0 Å². The van der Waals surface area contributed by atoms with Gasteiger partial charge in [-0.1, -0.05) is 23.4 Å². The normalized spacial score (nSPS) is 18.3. The van der Waals surface area contributed by atoms with Gasteiger partial charge in [0.2, 0.25) is 0 Å². The molecule has 1 N–H and O–H groups in total. The van der Waals surface area contributed by atoms with Crippen LogP contribution in [0.2, 0.25) is 5.02 Å². The van der Waals surface area contributed by atoms with Crippen LogP contribution in [0.5, 0.6) is 0 Å². The van der Waals surface area contributed by atoms with Crippen molar-refractivity contribution in [2.24, 2.45) is 5.41 Å². The number of nitrogens with one attached hydrogen (secondary N) is 1. The van der Waals surface area contributed by atoms with Gasteiger partial charge in [-0.3, -0.25) is 0 Å². The smallest absolute Gasteiger partial charge is 0.124 e. The van der Waals surface area contributed by atoms with E-state index in [1.807, 2.05) is 0 Å². The Balaban J connectivity index is 2.20. The fourth-order valence-electron chi connectivity index (χ4n) is 1.91. The largest absolute Gasteiger partial charge is 0.317 e. The van der Waals surface area contributed by atoms with Crippen molar-refractivity contribution < 1.29 is 4.39 Å². The fraction of sp³-hybridized carbons (Fsp3) is 0.429. The highest BCUT2D eigenvalue weighted by atomic mass is 35.5. The van der Waals surface area contributed by atoms with Gasteiger partial charge in [0.05, 0.1) is 5.02 Å². The third kappa shape index (κ3) is 3.21. The standard InChI is InChI=1S/C14H15ClFN/c1-14(6-8-17-9-7-14)5-4-11-2-3-12(16)10-13(11)15/h2-3,10,17H,6-9H2,1H3. The molecule has 1 heterocycles. The van der Waals surface area contributed by atoms with Gasteiger partial charge in [-0.2, -0.15) is 0 Å². The molecule has 1 aromatic carbocycles. The summed E-state index contributed by atoms with van der Waals surface area (Å²) in [6.45, 7) is 4.17. The molecule has 0 spiro atoms. The minimum atomic E-state index is -0.325. The molecular weight excluding hydrogens is 237 g/mol. The Morgan fingerprint density at radius 3 is 2.71 bits per heavy atom. The molecule has 0 unspecified atom stereocenters. The van der Waals surface area contributed by atoms with E-state index in [0.29, 0.717) is 10.6 Å². The Bertz CT molecular complexity index is 467. The van der Waals surface area contributed by atoms with E-state index in [2.05, 4.69) is 24.1 Å². The number of rotatable bonds is 0. The highest BCUT2D eigenvalue weighted by Crippen LogP contribution is 2.27. The first kappa shape index (κ1) is 12.4. The van der Waals surface area contributed by atoms with Crippen molar-refractivity contribution in [1.82, 2.24) is 5.32 Å². The summed E-state index contributed by atoms with van der Waals surface area (Å²) in [7, 11) is 0. The molecule has 0 bridgehead atoms. The Morgan fingerprint density at radius 1 is 1.35 bits per heavy atom. The number of hydrogen-bond donors (Lipinski definition) is 1. The van der Waals surface area contributed by atoms with E-state index in [1.54, 1.807) is 6.07 Å². The topological polar surface area (TPSA) is 12.0 Å². The minimum absolute atomic E-state index is 0.0446. The van der Waals surface area contributed by atoms with E-state index in [1.165, 1.54) is 12.1 Å². The minimum Gasteiger partial charge on any atom is -0.317 e. The summed E-state index contributed by atoms with van der Waals surface area (Å²) < 4.78 is 12.9. The number of hydrogen-bond acceptors (Lipinski definition) is 1. The molecule has 2 rings (SSSR count). The van der Waals surface area contributed by atoms with Crippen molar-refractivity contribution >= 4 is 11.6 Å². The summed E-state index contributed by atoms with van der Waals surface area (Å²) in [5.74, 6) is 6.03. The summed E-state index contributed by atoms with van der Waals surface area (Å²) in [6.07, 6.45) is 2.08. The molecule has 0 aliphatic carbocycles. The SMILES string of the molecule is CC1(C#Cc2ccc(F)cc2Cl)CCNCC1. The maximum absolute atomic E-state index is 12.9. The molecule has 1 fully saturated rings. The van der Waals surface area contributed by atoms with Crippen LogP contribution in [0.3, 0.4) is 0 Å². The second-order valence-corrected chi connectivity index (χ2v) is 5.09. The maximum atomic E-state index is 12.9. The van der Waals surface area contributed by atoms with E-state index in [4.69, 9.17) is 11.6 Å². The highest BCUT2D eigenvalue weighted by molar-refractivity contribution is 6.31. The van der Waals surface area contributed by atoms with Crippen molar-refractivity contribution in [3.8, 4) is 11.8 Å². The van der Waals surface area contributed by atoms with E-state index >= 15 is 0 Å². The zero-order chi connectivity index (χ0) is 12.3. The van der Waals surface area contributed by atoms with Gasteiger partial charge >= 0.3 is 0 Å². The summed E-state index contributed by atoms with van der Waals surface area (Å²) in [6, 6.07) is 4.33. The van der Waals surface area contributed by atoms with Crippen LogP contribution in [0.1, 0.15) is 25.3 Å². The molecule has 1 aliphatic rings. The van der Waals surface area contributed by atoms with Crippen LogP contribution in [-0.2, 0) is 0 Å². The Kier molecular flexibility index (Phi) is 3.71. The molecule has 0 saturated carbocycles. The molecule has 90 valence electrons. The van der Waals surface area contributed by atoms with E-state index in [9.17, 15) is 4.39 Å². The molecule has 0 radical (unpaired) electrons. The van der Waals surface area contributed by atoms with Crippen LogP contribution in [0.15, 0.2) is 18.2 Å². The summed E-state index contributed by atoms with van der Waals surface area (Å²) >= 11 is 5.94. The lowest BCUT2D eigenvalue weighted by atomic mass is 9.81. The lowest BCUT2D eigenvalue weighted by Gasteiger charge is -2.28. The third-order valence-electron chi connectivity index (χ3n) is 3.14. The monoisotopic (exact) mass is 251 g/mol. The van der Waals surface area contributed by atoms with Crippen LogP contribution in [-0.4, -0.2) is 13.1 Å². The van der Waals surface area contributed by atoms with Crippen LogP contribution >= 0.6 is 11.6 Å². The first-order valence-electron chi connectivity index (χ1n) is 5.78. The van der Waals surface area contributed by atoms with Crippen LogP contribution in [0, 0.1) is 23.1 Å². The predicted molar refractivity (Wildman–Crippen MR) is 68.5 cm³/mol. The van der Waals surface area contributed by atoms with Gasteiger partial charge < -0.3 is 5.32 Å². The average Bonchev–Trinajstić information content (AvgIpc) is 2.29. The molecular formula is C14H15ClFN. The van der Waals surface area contributed by atoms with Gasteiger partial charge in [-0.15, -0.1) is 0 Å². The fourth-order valence-corrected chi connectivity index (χ4v) is 2.13. The predicted octanol–water partition coefficient (Wildman–Crippen LogP) is 3.22. The van der Waals surface area contributed by atoms with Crippen molar-refractivity contribution in [3.63, 3.8) is 0 Å². The average molecular weight is 252 g/mol. The molecule has 0 amide bonds. The number of benzene rings is 1. The van der Waals surface area contributed by atoms with Gasteiger partial charge in [0.1, 0.15) is 5.82 Å². The molecule has 0 aromatic heterocycles. The molecule has 1 nitrogen and oxygen atoms in total. The Morgan fingerprint density at radius 2 is 2.06 bits per heavy atom. The summed E-state index contributed by atoms with van der Waals surface area (Å²) in [5, 5.41) is 3.70. The van der Waals surface area contributed by atoms with Gasteiger partial charge in [0, 0.05) is 11.0 Å². The second kappa shape index (κ2) is 5.08. The summed E-state index contributed by atoms with van der Waals surface area (Å²) in [4.78, 5) is 0.